The lowest BCUT2D eigenvalue weighted by atomic mass is 10.0. The number of benzene rings is 2. The minimum Gasteiger partial charge on any atom is -0.338 e. The number of hydrogen-bond acceptors (Lipinski definition) is 4. The van der Waals surface area contributed by atoms with Crippen LogP contribution in [0.5, 0.6) is 0 Å². The van der Waals surface area contributed by atoms with Gasteiger partial charge in [-0.15, -0.1) is 11.3 Å². The number of nitrogens with one attached hydrogen (secondary N) is 1. The number of aryl methyl sites for hydroxylation is 1. The maximum atomic E-state index is 13.1. The van der Waals surface area contributed by atoms with Gasteiger partial charge in [0.15, 0.2) is 5.78 Å². The fourth-order valence-corrected chi connectivity index (χ4v) is 3.68. The number of alkyl halides is 3. The van der Waals surface area contributed by atoms with E-state index in [0.717, 1.165) is 23.3 Å². The average molecular weight is 427 g/mol. The molecule has 0 aliphatic carbocycles. The Morgan fingerprint density at radius 2 is 1.83 bits per heavy atom. The fraction of sp³-hybridized carbons (Fsp3) is 0.136. The minimum absolute atomic E-state index is 0.0484. The number of carbonyl (C=O) groups is 1. The van der Waals surface area contributed by atoms with E-state index in [4.69, 9.17) is 0 Å². The van der Waals surface area contributed by atoms with Crippen molar-refractivity contribution in [2.24, 2.45) is 0 Å². The van der Waals surface area contributed by atoms with Gasteiger partial charge in [-0.1, -0.05) is 24.3 Å². The number of halogens is 3. The zero-order valence-electron chi connectivity index (χ0n) is 15.8. The number of ketones is 1. The van der Waals surface area contributed by atoms with Crippen molar-refractivity contribution in [3.05, 3.63) is 81.9 Å². The van der Waals surface area contributed by atoms with Crippen LogP contribution in [-0.4, -0.2) is 20.7 Å². The lowest BCUT2D eigenvalue weighted by Crippen LogP contribution is -2.05. The largest absolute Gasteiger partial charge is 0.416 e. The SMILES string of the molecule is Cc1cc(-c2ncc(-c3ccc(CC(=O)c4cscn4)cc3)[nH]2)cc(C(F)(F)F)c1. The van der Waals surface area contributed by atoms with Crippen LogP contribution in [0, 0.1) is 6.92 Å². The van der Waals surface area contributed by atoms with Crippen molar-refractivity contribution in [3.63, 3.8) is 0 Å². The summed E-state index contributed by atoms with van der Waals surface area (Å²) in [4.78, 5) is 23.5. The molecule has 30 heavy (non-hydrogen) atoms. The first-order chi connectivity index (χ1) is 14.3. The van der Waals surface area contributed by atoms with Crippen molar-refractivity contribution < 1.29 is 18.0 Å². The third-order valence-electron chi connectivity index (χ3n) is 4.60. The van der Waals surface area contributed by atoms with Crippen molar-refractivity contribution in [1.29, 1.82) is 0 Å². The van der Waals surface area contributed by atoms with Gasteiger partial charge in [0.1, 0.15) is 11.5 Å². The second kappa shape index (κ2) is 7.87. The maximum Gasteiger partial charge on any atom is 0.416 e. The predicted octanol–water partition coefficient (Wildman–Crippen LogP) is 5.95. The van der Waals surface area contributed by atoms with E-state index in [1.807, 2.05) is 24.3 Å². The highest BCUT2D eigenvalue weighted by molar-refractivity contribution is 7.07. The molecule has 0 fully saturated rings. The third kappa shape index (κ3) is 4.33. The number of carbonyl (C=O) groups excluding carboxylic acids is 1. The number of rotatable bonds is 5. The molecule has 2 aromatic carbocycles. The summed E-state index contributed by atoms with van der Waals surface area (Å²) in [5, 5.41) is 1.72. The van der Waals surface area contributed by atoms with Gasteiger partial charge in [0.2, 0.25) is 0 Å². The van der Waals surface area contributed by atoms with E-state index in [9.17, 15) is 18.0 Å². The summed E-state index contributed by atoms with van der Waals surface area (Å²) in [5.41, 5.74) is 4.61. The molecule has 0 radical (unpaired) electrons. The van der Waals surface area contributed by atoms with E-state index in [2.05, 4.69) is 15.0 Å². The second-order valence-electron chi connectivity index (χ2n) is 6.90. The molecule has 0 atom stereocenters. The van der Waals surface area contributed by atoms with Crippen LogP contribution >= 0.6 is 11.3 Å². The van der Waals surface area contributed by atoms with Crippen LogP contribution in [0.3, 0.4) is 0 Å². The molecule has 4 aromatic rings. The molecule has 2 aromatic heterocycles. The molecule has 0 amide bonds. The first-order valence-electron chi connectivity index (χ1n) is 9.04. The Bertz CT molecular complexity index is 1180. The number of Topliss-reactive ketones (excluding diaryl/α,β-unsaturated/α-hetero) is 1. The molecule has 4 rings (SSSR count). The van der Waals surface area contributed by atoms with Crippen LogP contribution in [0.4, 0.5) is 13.2 Å². The molecule has 0 aliphatic rings. The van der Waals surface area contributed by atoms with Gasteiger partial charge in [-0.3, -0.25) is 4.79 Å². The highest BCUT2D eigenvalue weighted by Gasteiger charge is 2.31. The number of H-pyrrole nitrogens is 1. The van der Waals surface area contributed by atoms with Gasteiger partial charge in [0, 0.05) is 17.4 Å². The van der Waals surface area contributed by atoms with Crippen molar-refractivity contribution in [2.45, 2.75) is 19.5 Å². The Balaban J connectivity index is 1.54. The van der Waals surface area contributed by atoms with E-state index in [0.29, 0.717) is 28.3 Å². The summed E-state index contributed by atoms with van der Waals surface area (Å²) < 4.78 is 39.3. The fourth-order valence-electron chi connectivity index (χ4n) is 3.13. The van der Waals surface area contributed by atoms with E-state index in [1.54, 1.807) is 30.1 Å². The number of hydrogen-bond donors (Lipinski definition) is 1. The predicted molar refractivity (Wildman–Crippen MR) is 109 cm³/mol. The second-order valence-corrected chi connectivity index (χ2v) is 7.62. The molecule has 0 saturated carbocycles. The lowest BCUT2D eigenvalue weighted by Gasteiger charge is -2.09. The van der Waals surface area contributed by atoms with Crippen molar-refractivity contribution >= 4 is 17.1 Å². The highest BCUT2D eigenvalue weighted by atomic mass is 32.1. The van der Waals surface area contributed by atoms with Crippen LogP contribution in [0.15, 0.2) is 59.6 Å². The molecule has 0 aliphatic heterocycles. The van der Waals surface area contributed by atoms with Gasteiger partial charge >= 0.3 is 6.18 Å². The quantitative estimate of drug-likeness (QED) is 0.400. The number of imidazole rings is 1. The van der Waals surface area contributed by atoms with E-state index >= 15 is 0 Å². The molecule has 0 unspecified atom stereocenters. The van der Waals surface area contributed by atoms with Crippen molar-refractivity contribution in [3.8, 4) is 22.6 Å². The monoisotopic (exact) mass is 427 g/mol. The molecule has 0 bridgehead atoms. The van der Waals surface area contributed by atoms with Crippen LogP contribution in [0.2, 0.25) is 0 Å². The average Bonchev–Trinajstić information content (AvgIpc) is 3.40. The van der Waals surface area contributed by atoms with Gasteiger partial charge in [0.05, 0.1) is 23.0 Å². The summed E-state index contributed by atoms with van der Waals surface area (Å²) in [5.74, 6) is 0.315. The van der Waals surface area contributed by atoms with Gasteiger partial charge < -0.3 is 4.98 Å². The summed E-state index contributed by atoms with van der Waals surface area (Å²) >= 11 is 1.38. The highest BCUT2D eigenvalue weighted by Crippen LogP contribution is 2.33. The standard InChI is InChI=1S/C22H16F3N3OS/c1-13-6-16(9-17(7-13)22(23,24)25)21-26-10-18(28-21)15-4-2-14(3-5-15)8-20(29)19-11-30-12-27-19/h2-7,9-12H,8H2,1H3,(H,26,28). The molecule has 0 spiro atoms. The van der Waals surface area contributed by atoms with Gasteiger partial charge in [-0.2, -0.15) is 13.2 Å². The number of thiazole rings is 1. The van der Waals surface area contributed by atoms with Crippen LogP contribution < -0.4 is 0 Å². The summed E-state index contributed by atoms with van der Waals surface area (Å²) in [6, 6.07) is 11.2. The van der Waals surface area contributed by atoms with Gasteiger partial charge in [-0.05, 0) is 41.8 Å². The zero-order valence-corrected chi connectivity index (χ0v) is 16.6. The zero-order chi connectivity index (χ0) is 21.3. The van der Waals surface area contributed by atoms with Crippen LogP contribution in [-0.2, 0) is 12.6 Å². The smallest absolute Gasteiger partial charge is 0.338 e. The Morgan fingerprint density at radius 1 is 1.07 bits per heavy atom. The number of aromatic nitrogens is 3. The first kappa shape index (κ1) is 20.0. The molecular weight excluding hydrogens is 411 g/mol. The topological polar surface area (TPSA) is 58.6 Å². The Morgan fingerprint density at radius 3 is 2.50 bits per heavy atom. The number of nitrogens with zero attached hydrogens (tertiary/aromatic N) is 2. The van der Waals surface area contributed by atoms with Crippen LogP contribution in [0.1, 0.15) is 27.2 Å². The lowest BCUT2D eigenvalue weighted by molar-refractivity contribution is -0.137. The third-order valence-corrected chi connectivity index (χ3v) is 5.19. The normalized spacial score (nSPS) is 11.6. The molecular formula is C22H16F3N3OS. The summed E-state index contributed by atoms with van der Waals surface area (Å²) in [7, 11) is 0. The Hall–Kier alpha value is -3.26. The van der Waals surface area contributed by atoms with Crippen molar-refractivity contribution in [2.75, 3.05) is 0 Å². The molecule has 152 valence electrons. The van der Waals surface area contributed by atoms with Crippen LogP contribution in [0.25, 0.3) is 22.6 Å². The molecule has 0 saturated heterocycles. The first-order valence-corrected chi connectivity index (χ1v) is 9.99. The summed E-state index contributed by atoms with van der Waals surface area (Å²) in [6.45, 7) is 1.62. The van der Waals surface area contributed by atoms with Gasteiger partial charge in [-0.25, -0.2) is 9.97 Å². The minimum atomic E-state index is -4.41. The maximum absolute atomic E-state index is 13.1. The van der Waals surface area contributed by atoms with E-state index < -0.39 is 11.7 Å². The molecule has 1 N–H and O–H groups in total. The molecule has 8 heteroatoms. The Kier molecular flexibility index (Phi) is 5.26. The van der Waals surface area contributed by atoms with Crippen molar-refractivity contribution in [1.82, 2.24) is 15.0 Å². The van der Waals surface area contributed by atoms with Gasteiger partial charge in [0.25, 0.3) is 0 Å². The molecule has 4 nitrogen and oxygen atoms in total. The van der Waals surface area contributed by atoms with E-state index in [-0.39, 0.29) is 12.2 Å². The number of aromatic amines is 1. The molecule has 2 heterocycles. The Labute approximate surface area is 174 Å². The van der Waals surface area contributed by atoms with E-state index in [1.165, 1.54) is 11.3 Å². The summed E-state index contributed by atoms with van der Waals surface area (Å²) in [6.07, 6.45) is -2.58.